The van der Waals surface area contributed by atoms with Gasteiger partial charge in [0.1, 0.15) is 11.6 Å². The third kappa shape index (κ3) is 2.55. The van der Waals surface area contributed by atoms with Crippen molar-refractivity contribution in [2.45, 2.75) is 20.4 Å². The number of benzene rings is 1. The average Bonchev–Trinajstić information content (AvgIpc) is 3.11. The van der Waals surface area contributed by atoms with Crippen LogP contribution in [0.25, 0.3) is 16.7 Å². The second kappa shape index (κ2) is 5.83. The molecule has 8 heteroatoms. The minimum atomic E-state index is -0.666. The standard InChI is InChI=1S/C18H17FN6O/c1-10-7-16-15(24(10)9-12-3-5-13(19)6-4-12)8-14(21-18(20)26)17-23-22-11(2)25(16)17/h3-8H,9H2,1-2H3,(H3,20,21,26). The number of urea groups is 1. The molecule has 3 N–H and O–H groups in total. The summed E-state index contributed by atoms with van der Waals surface area (Å²) in [7, 11) is 0. The molecule has 0 fully saturated rings. The number of hydrogen-bond acceptors (Lipinski definition) is 3. The molecule has 132 valence electrons. The van der Waals surface area contributed by atoms with E-state index in [4.69, 9.17) is 5.73 Å². The van der Waals surface area contributed by atoms with Crippen molar-refractivity contribution in [1.82, 2.24) is 19.2 Å². The third-order valence-corrected chi connectivity index (χ3v) is 4.42. The summed E-state index contributed by atoms with van der Waals surface area (Å²) >= 11 is 0. The zero-order valence-electron chi connectivity index (χ0n) is 14.3. The summed E-state index contributed by atoms with van der Waals surface area (Å²) < 4.78 is 17.2. The maximum atomic E-state index is 13.2. The Kier molecular flexibility index (Phi) is 3.61. The Balaban J connectivity index is 1.94. The second-order valence-corrected chi connectivity index (χ2v) is 6.22. The number of nitrogens with one attached hydrogen (secondary N) is 1. The van der Waals surface area contributed by atoms with Crippen LogP contribution in [0.4, 0.5) is 14.9 Å². The van der Waals surface area contributed by atoms with Gasteiger partial charge in [-0.3, -0.25) is 4.40 Å². The number of aromatic nitrogens is 4. The van der Waals surface area contributed by atoms with Gasteiger partial charge in [0.2, 0.25) is 0 Å². The molecule has 3 heterocycles. The number of nitrogens with two attached hydrogens (primary N) is 1. The first kappa shape index (κ1) is 16.1. The molecule has 0 radical (unpaired) electrons. The number of halogens is 1. The lowest BCUT2D eigenvalue weighted by molar-refractivity contribution is 0.259. The predicted molar refractivity (Wildman–Crippen MR) is 96.7 cm³/mol. The summed E-state index contributed by atoms with van der Waals surface area (Å²) in [6.07, 6.45) is 0. The molecule has 0 unspecified atom stereocenters. The third-order valence-electron chi connectivity index (χ3n) is 4.42. The van der Waals surface area contributed by atoms with Crippen molar-refractivity contribution in [3.63, 3.8) is 0 Å². The molecule has 0 aliphatic rings. The molecule has 0 saturated carbocycles. The quantitative estimate of drug-likeness (QED) is 0.594. The SMILES string of the molecule is Cc1cc2c(cc(NC(N)=O)c3nnc(C)n32)n1Cc1ccc(F)cc1. The fourth-order valence-electron chi connectivity index (χ4n) is 3.24. The molecule has 26 heavy (non-hydrogen) atoms. The Hall–Kier alpha value is -3.42. The normalized spacial score (nSPS) is 11.3. The van der Waals surface area contributed by atoms with Gasteiger partial charge < -0.3 is 15.6 Å². The number of rotatable bonds is 3. The van der Waals surface area contributed by atoms with Gasteiger partial charge in [-0.2, -0.15) is 0 Å². The highest BCUT2D eigenvalue weighted by Gasteiger charge is 2.17. The van der Waals surface area contributed by atoms with Crippen LogP contribution >= 0.6 is 0 Å². The topological polar surface area (TPSA) is 90.2 Å². The van der Waals surface area contributed by atoms with E-state index in [1.807, 2.05) is 30.4 Å². The lowest BCUT2D eigenvalue weighted by Gasteiger charge is -2.11. The molecule has 0 aliphatic heterocycles. The number of nitrogens with zero attached hydrogens (tertiary/aromatic N) is 4. The number of carbonyl (C=O) groups excluding carboxylic acids is 1. The monoisotopic (exact) mass is 352 g/mol. The van der Waals surface area contributed by atoms with Crippen LogP contribution in [0, 0.1) is 19.7 Å². The Morgan fingerprint density at radius 1 is 1.15 bits per heavy atom. The minimum Gasteiger partial charge on any atom is -0.351 e. The fraction of sp³-hybridized carbons (Fsp3) is 0.167. The van der Waals surface area contributed by atoms with Gasteiger partial charge in [0, 0.05) is 12.2 Å². The van der Waals surface area contributed by atoms with E-state index in [-0.39, 0.29) is 5.82 Å². The molecule has 1 aromatic carbocycles. The maximum Gasteiger partial charge on any atom is 0.316 e. The molecule has 3 aromatic heterocycles. The molecule has 0 atom stereocenters. The lowest BCUT2D eigenvalue weighted by Crippen LogP contribution is -2.20. The summed E-state index contributed by atoms with van der Waals surface area (Å²) in [5.41, 5.74) is 10.1. The number of aryl methyl sites for hydroxylation is 2. The largest absolute Gasteiger partial charge is 0.351 e. The first-order valence-electron chi connectivity index (χ1n) is 8.09. The van der Waals surface area contributed by atoms with E-state index in [1.165, 1.54) is 12.1 Å². The van der Waals surface area contributed by atoms with Gasteiger partial charge in [0.15, 0.2) is 5.65 Å². The van der Waals surface area contributed by atoms with E-state index in [9.17, 15) is 9.18 Å². The van der Waals surface area contributed by atoms with E-state index in [2.05, 4.69) is 20.1 Å². The Morgan fingerprint density at radius 2 is 1.88 bits per heavy atom. The van der Waals surface area contributed by atoms with E-state index in [1.54, 1.807) is 12.1 Å². The number of amides is 2. The second-order valence-electron chi connectivity index (χ2n) is 6.22. The van der Waals surface area contributed by atoms with Crippen LogP contribution in [-0.2, 0) is 6.54 Å². The molecular formula is C18H17FN6O. The van der Waals surface area contributed by atoms with Crippen LogP contribution < -0.4 is 11.1 Å². The number of anilines is 1. The van der Waals surface area contributed by atoms with Crippen LogP contribution in [0.2, 0.25) is 0 Å². The Labute approximate surface area is 148 Å². The van der Waals surface area contributed by atoms with Crippen molar-refractivity contribution >= 4 is 28.4 Å². The highest BCUT2D eigenvalue weighted by atomic mass is 19.1. The van der Waals surface area contributed by atoms with Gasteiger partial charge in [-0.15, -0.1) is 10.2 Å². The van der Waals surface area contributed by atoms with Crippen molar-refractivity contribution in [1.29, 1.82) is 0 Å². The van der Waals surface area contributed by atoms with Crippen molar-refractivity contribution in [3.05, 3.63) is 59.3 Å². The molecule has 0 spiro atoms. The van der Waals surface area contributed by atoms with Crippen LogP contribution in [-0.4, -0.2) is 25.2 Å². The van der Waals surface area contributed by atoms with E-state index >= 15 is 0 Å². The molecule has 4 aromatic rings. The molecule has 0 aliphatic carbocycles. The van der Waals surface area contributed by atoms with Crippen LogP contribution in [0.5, 0.6) is 0 Å². The summed E-state index contributed by atoms with van der Waals surface area (Å²) in [6, 6.07) is 9.60. The van der Waals surface area contributed by atoms with Crippen molar-refractivity contribution in [3.8, 4) is 0 Å². The van der Waals surface area contributed by atoms with Crippen LogP contribution in [0.15, 0.2) is 36.4 Å². The summed E-state index contributed by atoms with van der Waals surface area (Å²) in [5.74, 6) is 0.439. The smallest absolute Gasteiger partial charge is 0.316 e. The molecule has 2 amide bonds. The van der Waals surface area contributed by atoms with Crippen molar-refractivity contribution in [2.24, 2.45) is 5.73 Å². The zero-order chi connectivity index (χ0) is 18.4. The van der Waals surface area contributed by atoms with Gasteiger partial charge >= 0.3 is 6.03 Å². The zero-order valence-corrected chi connectivity index (χ0v) is 14.3. The van der Waals surface area contributed by atoms with Gasteiger partial charge in [-0.25, -0.2) is 9.18 Å². The van der Waals surface area contributed by atoms with Gasteiger partial charge in [-0.05, 0) is 43.7 Å². The van der Waals surface area contributed by atoms with Crippen molar-refractivity contribution in [2.75, 3.05) is 5.32 Å². The predicted octanol–water partition coefficient (Wildman–Crippen LogP) is 2.98. The van der Waals surface area contributed by atoms with E-state index < -0.39 is 6.03 Å². The highest BCUT2D eigenvalue weighted by Crippen LogP contribution is 2.28. The number of hydrogen-bond donors (Lipinski definition) is 2. The van der Waals surface area contributed by atoms with Gasteiger partial charge in [-0.1, -0.05) is 12.1 Å². The Morgan fingerprint density at radius 3 is 2.58 bits per heavy atom. The fourth-order valence-corrected chi connectivity index (χ4v) is 3.24. The number of fused-ring (bicyclic) bond motifs is 3. The van der Waals surface area contributed by atoms with Crippen LogP contribution in [0.3, 0.4) is 0 Å². The maximum absolute atomic E-state index is 13.2. The molecule has 7 nitrogen and oxygen atoms in total. The highest BCUT2D eigenvalue weighted by molar-refractivity contribution is 5.96. The first-order valence-corrected chi connectivity index (χ1v) is 8.09. The molecule has 0 saturated heterocycles. The number of carbonyl (C=O) groups is 1. The lowest BCUT2D eigenvalue weighted by atomic mass is 10.2. The molecular weight excluding hydrogens is 335 g/mol. The molecule has 4 rings (SSSR count). The summed E-state index contributed by atoms with van der Waals surface area (Å²) in [6.45, 7) is 4.41. The van der Waals surface area contributed by atoms with Gasteiger partial charge in [0.05, 0.1) is 16.7 Å². The van der Waals surface area contributed by atoms with E-state index in [0.717, 1.165) is 22.3 Å². The Bertz CT molecular complexity index is 1140. The number of primary amides is 1. The van der Waals surface area contributed by atoms with E-state index in [0.29, 0.717) is 23.7 Å². The first-order chi connectivity index (χ1) is 12.4. The summed E-state index contributed by atoms with van der Waals surface area (Å²) in [4.78, 5) is 11.4. The molecule has 0 bridgehead atoms. The van der Waals surface area contributed by atoms with Gasteiger partial charge in [0.25, 0.3) is 0 Å². The minimum absolute atomic E-state index is 0.266. The summed E-state index contributed by atoms with van der Waals surface area (Å²) in [5, 5.41) is 10.9. The van der Waals surface area contributed by atoms with Crippen molar-refractivity contribution < 1.29 is 9.18 Å². The average molecular weight is 352 g/mol. The number of pyridine rings is 1. The van der Waals surface area contributed by atoms with Crippen LogP contribution in [0.1, 0.15) is 17.1 Å².